The van der Waals surface area contributed by atoms with E-state index in [0.29, 0.717) is 12.8 Å². The van der Waals surface area contributed by atoms with Crippen LogP contribution in [0.15, 0.2) is 0 Å². The molecule has 0 radical (unpaired) electrons. The first-order valence-electron chi connectivity index (χ1n) is 8.16. The van der Waals surface area contributed by atoms with E-state index in [0.717, 1.165) is 19.3 Å². The summed E-state index contributed by atoms with van der Waals surface area (Å²) in [6.45, 7) is 2.18. The van der Waals surface area contributed by atoms with E-state index in [-0.39, 0.29) is 6.42 Å². The molecule has 4 N–H and O–H groups in total. The van der Waals surface area contributed by atoms with Crippen molar-refractivity contribution in [2.24, 2.45) is 11.1 Å². The average molecular weight is 315 g/mol. The number of carboxylic acid groups (broad SMARTS) is 2. The van der Waals surface area contributed by atoms with E-state index in [9.17, 15) is 14.4 Å². The Bertz CT molecular complexity index is 332. The number of rotatable bonds is 14. The number of carbonyl (C=O) groups excluding carboxylic acids is 1. The Labute approximate surface area is 132 Å². The summed E-state index contributed by atoms with van der Waals surface area (Å²) >= 11 is 0. The van der Waals surface area contributed by atoms with Crippen molar-refractivity contribution in [1.82, 2.24) is 0 Å². The third-order valence-corrected chi connectivity index (χ3v) is 4.06. The number of hydrogen-bond acceptors (Lipinski definition) is 3. The molecule has 0 spiro atoms. The first-order valence-corrected chi connectivity index (χ1v) is 8.16. The standard InChI is InChI=1S/C16H29NO5/c1-2-3-4-5-6-7-8-9-10-11-12-16(13(17)18,14(19)20)15(21)22/h2-12H2,1H3,(H2,17,18)(H,19,20)(H,21,22). The van der Waals surface area contributed by atoms with Crippen LogP contribution in [0.3, 0.4) is 0 Å². The zero-order chi connectivity index (χ0) is 17.0. The molecular formula is C16H29NO5. The van der Waals surface area contributed by atoms with Gasteiger partial charge >= 0.3 is 11.9 Å². The minimum absolute atomic E-state index is 0.247. The maximum absolute atomic E-state index is 11.3. The SMILES string of the molecule is CCCCCCCCCCCCC(C(N)=O)(C(=O)O)C(=O)O. The van der Waals surface area contributed by atoms with Crippen LogP contribution in [-0.4, -0.2) is 28.1 Å². The molecule has 0 aromatic heterocycles. The molecule has 0 aromatic rings. The lowest BCUT2D eigenvalue weighted by Gasteiger charge is -2.20. The fraction of sp³-hybridized carbons (Fsp3) is 0.812. The van der Waals surface area contributed by atoms with Crippen molar-refractivity contribution >= 4 is 17.8 Å². The van der Waals surface area contributed by atoms with Crippen molar-refractivity contribution in [2.45, 2.75) is 77.6 Å². The molecule has 0 aromatic carbocycles. The topological polar surface area (TPSA) is 118 Å². The van der Waals surface area contributed by atoms with Gasteiger partial charge in [-0.3, -0.25) is 14.4 Å². The second kappa shape index (κ2) is 11.0. The van der Waals surface area contributed by atoms with E-state index < -0.39 is 23.3 Å². The number of primary amides is 1. The van der Waals surface area contributed by atoms with Crippen molar-refractivity contribution in [3.05, 3.63) is 0 Å². The minimum Gasteiger partial charge on any atom is -0.480 e. The highest BCUT2D eigenvalue weighted by Crippen LogP contribution is 2.26. The zero-order valence-electron chi connectivity index (χ0n) is 13.5. The quantitative estimate of drug-likeness (QED) is 0.336. The molecular weight excluding hydrogens is 286 g/mol. The van der Waals surface area contributed by atoms with Gasteiger partial charge in [-0.15, -0.1) is 0 Å². The van der Waals surface area contributed by atoms with Gasteiger partial charge in [0, 0.05) is 0 Å². The normalized spacial score (nSPS) is 11.3. The highest BCUT2D eigenvalue weighted by atomic mass is 16.4. The van der Waals surface area contributed by atoms with Crippen molar-refractivity contribution in [2.75, 3.05) is 0 Å². The van der Waals surface area contributed by atoms with Crippen LogP contribution < -0.4 is 5.73 Å². The van der Waals surface area contributed by atoms with Crippen molar-refractivity contribution in [3.63, 3.8) is 0 Å². The molecule has 0 bridgehead atoms. The fourth-order valence-electron chi connectivity index (χ4n) is 2.52. The number of unbranched alkanes of at least 4 members (excludes halogenated alkanes) is 9. The van der Waals surface area contributed by atoms with Crippen LogP contribution >= 0.6 is 0 Å². The van der Waals surface area contributed by atoms with Crippen LogP contribution in [-0.2, 0) is 14.4 Å². The second-order valence-electron chi connectivity index (χ2n) is 5.81. The van der Waals surface area contributed by atoms with Gasteiger partial charge in [0.1, 0.15) is 0 Å². The van der Waals surface area contributed by atoms with E-state index in [4.69, 9.17) is 15.9 Å². The largest absolute Gasteiger partial charge is 0.480 e. The van der Waals surface area contributed by atoms with E-state index >= 15 is 0 Å². The number of carbonyl (C=O) groups is 3. The van der Waals surface area contributed by atoms with Gasteiger partial charge in [0.15, 0.2) is 0 Å². The smallest absolute Gasteiger partial charge is 0.330 e. The minimum atomic E-state index is -2.49. The number of carboxylic acids is 2. The van der Waals surface area contributed by atoms with Crippen molar-refractivity contribution < 1.29 is 24.6 Å². The van der Waals surface area contributed by atoms with Gasteiger partial charge in [0.2, 0.25) is 11.3 Å². The summed E-state index contributed by atoms with van der Waals surface area (Å²) in [5.41, 5.74) is 2.51. The molecule has 0 atom stereocenters. The second-order valence-corrected chi connectivity index (χ2v) is 5.81. The van der Waals surface area contributed by atoms with E-state index in [1.807, 2.05) is 0 Å². The van der Waals surface area contributed by atoms with E-state index in [1.54, 1.807) is 0 Å². The number of aliphatic carboxylic acids is 2. The predicted molar refractivity (Wildman–Crippen MR) is 83.4 cm³/mol. The molecule has 0 saturated heterocycles. The van der Waals surface area contributed by atoms with Crippen LogP contribution in [0.4, 0.5) is 0 Å². The Kier molecular flexibility index (Phi) is 10.2. The third-order valence-electron chi connectivity index (χ3n) is 4.06. The van der Waals surface area contributed by atoms with Gasteiger partial charge in [0.25, 0.3) is 0 Å². The maximum atomic E-state index is 11.3. The van der Waals surface area contributed by atoms with Gasteiger partial charge in [-0.1, -0.05) is 71.1 Å². The maximum Gasteiger partial charge on any atom is 0.330 e. The predicted octanol–water partition coefficient (Wildman–Crippen LogP) is 2.94. The first kappa shape index (κ1) is 20.4. The Hall–Kier alpha value is -1.59. The lowest BCUT2D eigenvalue weighted by atomic mass is 9.81. The van der Waals surface area contributed by atoms with Crippen molar-refractivity contribution in [1.29, 1.82) is 0 Å². The van der Waals surface area contributed by atoms with E-state index in [1.165, 1.54) is 32.1 Å². The molecule has 22 heavy (non-hydrogen) atoms. The Morgan fingerprint density at radius 2 is 1.14 bits per heavy atom. The van der Waals surface area contributed by atoms with Crippen LogP contribution in [0.1, 0.15) is 77.6 Å². The van der Waals surface area contributed by atoms with Crippen LogP contribution in [0.2, 0.25) is 0 Å². The molecule has 0 rings (SSSR count). The number of amides is 1. The Balaban J connectivity index is 3.94. The van der Waals surface area contributed by atoms with Gasteiger partial charge in [-0.25, -0.2) is 0 Å². The molecule has 0 fully saturated rings. The highest BCUT2D eigenvalue weighted by Gasteiger charge is 2.51. The van der Waals surface area contributed by atoms with E-state index in [2.05, 4.69) is 6.92 Å². The highest BCUT2D eigenvalue weighted by molar-refractivity contribution is 6.17. The monoisotopic (exact) mass is 315 g/mol. The summed E-state index contributed by atoms with van der Waals surface area (Å²) in [5.74, 6) is -4.66. The summed E-state index contributed by atoms with van der Waals surface area (Å²) < 4.78 is 0. The Morgan fingerprint density at radius 1 is 0.773 bits per heavy atom. The summed E-state index contributed by atoms with van der Waals surface area (Å²) in [6.07, 6.45) is 10.2. The molecule has 0 aliphatic heterocycles. The van der Waals surface area contributed by atoms with Gasteiger partial charge in [-0.05, 0) is 6.42 Å². The van der Waals surface area contributed by atoms with Crippen LogP contribution in [0.25, 0.3) is 0 Å². The molecule has 0 aliphatic rings. The van der Waals surface area contributed by atoms with Gasteiger partial charge < -0.3 is 15.9 Å². The fourth-order valence-corrected chi connectivity index (χ4v) is 2.52. The Morgan fingerprint density at radius 3 is 1.45 bits per heavy atom. The number of nitrogens with two attached hydrogens (primary N) is 1. The van der Waals surface area contributed by atoms with Gasteiger partial charge in [-0.2, -0.15) is 0 Å². The molecule has 128 valence electrons. The lowest BCUT2D eigenvalue weighted by Crippen LogP contribution is -2.50. The summed E-state index contributed by atoms with van der Waals surface area (Å²) in [4.78, 5) is 33.5. The van der Waals surface area contributed by atoms with Crippen LogP contribution in [0, 0.1) is 5.41 Å². The zero-order valence-corrected chi connectivity index (χ0v) is 13.5. The molecule has 0 heterocycles. The summed E-state index contributed by atoms with van der Waals surface area (Å²) in [7, 11) is 0. The van der Waals surface area contributed by atoms with Gasteiger partial charge in [0.05, 0.1) is 0 Å². The third kappa shape index (κ3) is 6.45. The first-order chi connectivity index (χ1) is 10.4. The lowest BCUT2D eigenvalue weighted by molar-refractivity contribution is -0.168. The molecule has 1 amide bonds. The van der Waals surface area contributed by atoms with Crippen molar-refractivity contribution in [3.8, 4) is 0 Å². The van der Waals surface area contributed by atoms with Crippen LogP contribution in [0.5, 0.6) is 0 Å². The molecule has 6 heteroatoms. The summed E-state index contributed by atoms with van der Waals surface area (Å²) in [5, 5.41) is 18.1. The molecule has 0 unspecified atom stereocenters. The molecule has 6 nitrogen and oxygen atoms in total. The molecule has 0 saturated carbocycles. The molecule has 0 aliphatic carbocycles. The number of hydrogen-bond donors (Lipinski definition) is 3. The average Bonchev–Trinajstić information content (AvgIpc) is 2.43. The summed E-state index contributed by atoms with van der Waals surface area (Å²) in [6, 6.07) is 0.